The molecule has 0 saturated carbocycles. The molecule has 0 saturated heterocycles. The minimum absolute atomic E-state index is 0.264. The molecule has 0 aromatic rings. The van der Waals surface area contributed by atoms with Crippen LogP contribution in [0.3, 0.4) is 0 Å². The van der Waals surface area contributed by atoms with Gasteiger partial charge in [-0.3, -0.25) is 4.79 Å². The van der Waals surface area contributed by atoms with Gasteiger partial charge in [0, 0.05) is 26.1 Å². The normalized spacial score (nSPS) is 15.6. The lowest BCUT2D eigenvalue weighted by atomic mass is 9.97. The first kappa shape index (κ1) is 24.2. The lowest BCUT2D eigenvalue weighted by Crippen LogP contribution is -2.36. The van der Waals surface area contributed by atoms with Crippen LogP contribution in [0.25, 0.3) is 0 Å². The summed E-state index contributed by atoms with van der Waals surface area (Å²) in [6, 6.07) is 0. The van der Waals surface area contributed by atoms with Crippen molar-refractivity contribution in [2.45, 2.75) is 86.0 Å². The first-order chi connectivity index (χ1) is 11.9. The van der Waals surface area contributed by atoms with Crippen LogP contribution >= 0.6 is 0 Å². The number of unbranched alkanes of at least 4 members (excludes halogenated alkanes) is 2. The highest BCUT2D eigenvalue weighted by Gasteiger charge is 2.18. The summed E-state index contributed by atoms with van der Waals surface area (Å²) in [6.07, 6.45) is 13.0. The van der Waals surface area contributed by atoms with Gasteiger partial charge in [-0.05, 0) is 43.9 Å². The summed E-state index contributed by atoms with van der Waals surface area (Å²) in [6.45, 7) is 14.5. The SMILES string of the molecule is C/C=C\C(CCC(=O)O)CN(CC(C)CCCC)CC(C)CCCC. The lowest BCUT2D eigenvalue weighted by molar-refractivity contribution is -0.137. The molecule has 0 aromatic heterocycles. The predicted molar refractivity (Wildman–Crippen MR) is 109 cm³/mol. The van der Waals surface area contributed by atoms with E-state index in [1.807, 2.05) is 6.92 Å². The largest absolute Gasteiger partial charge is 0.481 e. The van der Waals surface area contributed by atoms with Gasteiger partial charge in [0.05, 0.1) is 0 Å². The summed E-state index contributed by atoms with van der Waals surface area (Å²) in [5.41, 5.74) is 0. The molecule has 148 valence electrons. The van der Waals surface area contributed by atoms with Crippen LogP contribution in [0.5, 0.6) is 0 Å². The van der Waals surface area contributed by atoms with Crippen molar-refractivity contribution in [1.29, 1.82) is 0 Å². The number of aliphatic carboxylic acids is 1. The molecule has 3 nitrogen and oxygen atoms in total. The van der Waals surface area contributed by atoms with Crippen LogP contribution in [0.15, 0.2) is 12.2 Å². The number of allylic oxidation sites excluding steroid dienone is 1. The minimum atomic E-state index is -0.686. The van der Waals surface area contributed by atoms with Crippen molar-refractivity contribution in [2.75, 3.05) is 19.6 Å². The summed E-state index contributed by atoms with van der Waals surface area (Å²) in [7, 11) is 0. The highest BCUT2D eigenvalue weighted by molar-refractivity contribution is 5.66. The Bertz CT molecular complexity index is 338. The van der Waals surface area contributed by atoms with E-state index in [9.17, 15) is 4.79 Å². The van der Waals surface area contributed by atoms with Crippen molar-refractivity contribution >= 4 is 5.97 Å². The Morgan fingerprint density at radius 1 is 0.960 bits per heavy atom. The summed E-state index contributed by atoms with van der Waals surface area (Å²) >= 11 is 0. The molecule has 3 heteroatoms. The van der Waals surface area contributed by atoms with Gasteiger partial charge in [0.1, 0.15) is 0 Å². The molecule has 0 aliphatic carbocycles. The van der Waals surface area contributed by atoms with E-state index in [-0.39, 0.29) is 6.42 Å². The third kappa shape index (κ3) is 14.1. The fraction of sp³-hybridized carbons (Fsp3) is 0.864. The van der Waals surface area contributed by atoms with Crippen LogP contribution < -0.4 is 0 Å². The number of hydrogen-bond donors (Lipinski definition) is 1. The molecule has 0 aliphatic rings. The van der Waals surface area contributed by atoms with Crippen molar-refractivity contribution in [2.24, 2.45) is 17.8 Å². The van der Waals surface area contributed by atoms with Crippen molar-refractivity contribution in [1.82, 2.24) is 4.90 Å². The van der Waals surface area contributed by atoms with Crippen LogP contribution in [0.1, 0.15) is 86.0 Å². The second kappa shape index (κ2) is 15.4. The van der Waals surface area contributed by atoms with Gasteiger partial charge in [0.15, 0.2) is 0 Å². The fourth-order valence-corrected chi connectivity index (χ4v) is 3.55. The molecule has 0 fully saturated rings. The Kier molecular flexibility index (Phi) is 14.9. The summed E-state index contributed by atoms with van der Waals surface area (Å²) in [4.78, 5) is 13.6. The maximum absolute atomic E-state index is 10.9. The van der Waals surface area contributed by atoms with E-state index in [1.54, 1.807) is 0 Å². The van der Waals surface area contributed by atoms with Crippen molar-refractivity contribution in [3.8, 4) is 0 Å². The van der Waals surface area contributed by atoms with Gasteiger partial charge in [-0.15, -0.1) is 0 Å². The van der Waals surface area contributed by atoms with Crippen LogP contribution in [0, 0.1) is 17.8 Å². The molecule has 3 atom stereocenters. The molecule has 0 radical (unpaired) electrons. The number of nitrogens with zero attached hydrogens (tertiary/aromatic N) is 1. The van der Waals surface area contributed by atoms with Crippen LogP contribution in [0.4, 0.5) is 0 Å². The van der Waals surface area contributed by atoms with Gasteiger partial charge in [-0.25, -0.2) is 0 Å². The Labute approximate surface area is 156 Å². The van der Waals surface area contributed by atoms with E-state index >= 15 is 0 Å². The van der Waals surface area contributed by atoms with Crippen LogP contribution in [0.2, 0.25) is 0 Å². The number of hydrogen-bond acceptors (Lipinski definition) is 2. The predicted octanol–water partition coefficient (Wildman–Crippen LogP) is 6.00. The number of carboxylic acids is 1. The molecule has 0 amide bonds. The molecular weight excluding hydrogens is 310 g/mol. The van der Waals surface area contributed by atoms with Gasteiger partial charge in [-0.1, -0.05) is 65.5 Å². The smallest absolute Gasteiger partial charge is 0.303 e. The molecule has 0 heterocycles. The zero-order valence-corrected chi connectivity index (χ0v) is 17.5. The Hall–Kier alpha value is -0.830. The third-order valence-electron chi connectivity index (χ3n) is 4.93. The molecule has 3 unspecified atom stereocenters. The first-order valence-electron chi connectivity index (χ1n) is 10.5. The van der Waals surface area contributed by atoms with Crippen LogP contribution in [-0.4, -0.2) is 35.6 Å². The minimum Gasteiger partial charge on any atom is -0.481 e. The number of carbonyl (C=O) groups is 1. The zero-order chi connectivity index (χ0) is 19.1. The molecule has 25 heavy (non-hydrogen) atoms. The second-order valence-corrected chi connectivity index (χ2v) is 7.93. The molecule has 0 bridgehead atoms. The van der Waals surface area contributed by atoms with Gasteiger partial charge in [-0.2, -0.15) is 0 Å². The van der Waals surface area contributed by atoms with Gasteiger partial charge in [0.25, 0.3) is 0 Å². The highest BCUT2D eigenvalue weighted by Crippen LogP contribution is 2.18. The monoisotopic (exact) mass is 353 g/mol. The van der Waals surface area contributed by atoms with Crippen LogP contribution in [-0.2, 0) is 4.79 Å². The lowest BCUT2D eigenvalue weighted by Gasteiger charge is -2.31. The Morgan fingerprint density at radius 3 is 1.88 bits per heavy atom. The maximum atomic E-state index is 10.9. The third-order valence-corrected chi connectivity index (χ3v) is 4.93. The molecule has 0 aliphatic heterocycles. The summed E-state index contributed by atoms with van der Waals surface area (Å²) < 4.78 is 0. The van der Waals surface area contributed by atoms with Crippen molar-refractivity contribution < 1.29 is 9.90 Å². The van der Waals surface area contributed by atoms with E-state index in [4.69, 9.17) is 5.11 Å². The standard InChI is InChI=1S/C22H43NO2/c1-6-9-12-19(4)16-23(17-20(5)13-10-7-2)18-21(11-8-3)14-15-22(24)25/h8,11,19-21H,6-7,9-10,12-18H2,1-5H3,(H,24,25)/b11-8-. The summed E-state index contributed by atoms with van der Waals surface area (Å²) in [5, 5.41) is 9.01. The van der Waals surface area contributed by atoms with Gasteiger partial charge >= 0.3 is 5.97 Å². The first-order valence-corrected chi connectivity index (χ1v) is 10.5. The van der Waals surface area contributed by atoms with Gasteiger partial charge in [0.2, 0.25) is 0 Å². The highest BCUT2D eigenvalue weighted by atomic mass is 16.4. The average molecular weight is 354 g/mol. The van der Waals surface area contributed by atoms with E-state index in [0.29, 0.717) is 17.8 Å². The number of carboxylic acid groups (broad SMARTS) is 1. The van der Waals surface area contributed by atoms with E-state index in [0.717, 1.165) is 26.1 Å². The average Bonchev–Trinajstić information content (AvgIpc) is 2.56. The Morgan fingerprint density at radius 2 is 1.48 bits per heavy atom. The summed E-state index contributed by atoms with van der Waals surface area (Å²) in [5.74, 6) is 1.08. The maximum Gasteiger partial charge on any atom is 0.303 e. The molecule has 1 N–H and O–H groups in total. The van der Waals surface area contributed by atoms with E-state index in [2.05, 4.69) is 44.7 Å². The Balaban J connectivity index is 4.77. The molecule has 0 rings (SSSR count). The van der Waals surface area contributed by atoms with Gasteiger partial charge < -0.3 is 10.0 Å². The second-order valence-electron chi connectivity index (χ2n) is 7.93. The van der Waals surface area contributed by atoms with Crippen molar-refractivity contribution in [3.05, 3.63) is 12.2 Å². The molecule has 0 spiro atoms. The van der Waals surface area contributed by atoms with E-state index < -0.39 is 5.97 Å². The quantitative estimate of drug-likeness (QED) is 0.346. The fourth-order valence-electron chi connectivity index (χ4n) is 3.55. The topological polar surface area (TPSA) is 40.5 Å². The van der Waals surface area contributed by atoms with E-state index in [1.165, 1.54) is 38.5 Å². The van der Waals surface area contributed by atoms with Crippen molar-refractivity contribution in [3.63, 3.8) is 0 Å². The molecule has 0 aromatic carbocycles. The number of rotatable bonds is 16. The zero-order valence-electron chi connectivity index (χ0n) is 17.5. The molecular formula is C22H43NO2.